The number of likely N-dealkylation sites (tertiary alicyclic amines) is 1. The average molecular weight is 182 g/mol. The van der Waals surface area contributed by atoms with Crippen LogP contribution < -0.4 is 5.32 Å². The molecule has 3 nitrogen and oxygen atoms in total. The third kappa shape index (κ3) is 1.57. The Bertz CT molecular complexity index is 213. The van der Waals surface area contributed by atoms with Crippen molar-refractivity contribution in [2.24, 2.45) is 5.41 Å². The number of nitrogens with one attached hydrogen (secondary N) is 1. The molecule has 0 bridgehead atoms. The third-order valence-electron chi connectivity index (χ3n) is 3.37. The zero-order valence-corrected chi connectivity index (χ0v) is 8.31. The van der Waals surface area contributed by atoms with Crippen molar-refractivity contribution < 1.29 is 4.79 Å². The van der Waals surface area contributed by atoms with Crippen LogP contribution in [-0.4, -0.2) is 37.5 Å². The van der Waals surface area contributed by atoms with Crippen molar-refractivity contribution >= 4 is 5.91 Å². The Morgan fingerprint density at radius 2 is 2.15 bits per heavy atom. The topological polar surface area (TPSA) is 32.3 Å². The Hall–Kier alpha value is -0.570. The van der Waals surface area contributed by atoms with Crippen molar-refractivity contribution in [3.63, 3.8) is 0 Å². The second kappa shape index (κ2) is 3.29. The minimum atomic E-state index is -0.0365. The van der Waals surface area contributed by atoms with Gasteiger partial charge in [-0.3, -0.25) is 4.79 Å². The molecule has 2 aliphatic rings. The molecule has 13 heavy (non-hydrogen) atoms. The van der Waals surface area contributed by atoms with Gasteiger partial charge in [-0.15, -0.1) is 0 Å². The highest BCUT2D eigenvalue weighted by molar-refractivity contribution is 5.83. The highest BCUT2D eigenvalue weighted by Gasteiger charge is 2.42. The summed E-state index contributed by atoms with van der Waals surface area (Å²) in [5, 5.41) is 3.00. The molecule has 0 aromatic heterocycles. The number of rotatable bonds is 0. The monoisotopic (exact) mass is 182 g/mol. The smallest absolute Gasteiger partial charge is 0.227 e. The van der Waals surface area contributed by atoms with E-state index in [1.807, 2.05) is 0 Å². The van der Waals surface area contributed by atoms with Crippen molar-refractivity contribution in [3.8, 4) is 0 Å². The minimum Gasteiger partial charge on any atom is -0.356 e. The van der Waals surface area contributed by atoms with Gasteiger partial charge in [0.25, 0.3) is 0 Å². The van der Waals surface area contributed by atoms with Gasteiger partial charge in [-0.2, -0.15) is 0 Å². The Morgan fingerprint density at radius 1 is 1.38 bits per heavy atom. The van der Waals surface area contributed by atoms with E-state index in [9.17, 15) is 4.79 Å². The lowest BCUT2D eigenvalue weighted by Gasteiger charge is -2.42. The van der Waals surface area contributed by atoms with E-state index in [0.29, 0.717) is 5.91 Å². The molecule has 1 N–H and O–H groups in total. The zero-order valence-electron chi connectivity index (χ0n) is 8.31. The largest absolute Gasteiger partial charge is 0.356 e. The van der Waals surface area contributed by atoms with E-state index in [2.05, 4.69) is 17.3 Å². The number of piperidine rings is 2. The van der Waals surface area contributed by atoms with Crippen LogP contribution in [0.15, 0.2) is 0 Å². The lowest BCUT2D eigenvalue weighted by molar-refractivity contribution is -0.136. The Labute approximate surface area is 79.5 Å². The maximum atomic E-state index is 11.8. The number of hydrogen-bond acceptors (Lipinski definition) is 2. The van der Waals surface area contributed by atoms with Crippen LogP contribution in [0.4, 0.5) is 0 Å². The van der Waals surface area contributed by atoms with E-state index in [1.54, 1.807) is 0 Å². The molecule has 1 unspecified atom stereocenters. The quantitative estimate of drug-likeness (QED) is 0.595. The lowest BCUT2D eigenvalue weighted by atomic mass is 9.74. The van der Waals surface area contributed by atoms with Crippen molar-refractivity contribution in [2.45, 2.75) is 25.7 Å². The van der Waals surface area contributed by atoms with Crippen LogP contribution in [0.5, 0.6) is 0 Å². The molecule has 0 aromatic carbocycles. The van der Waals surface area contributed by atoms with Crippen LogP contribution in [0.1, 0.15) is 25.7 Å². The summed E-state index contributed by atoms with van der Waals surface area (Å²) < 4.78 is 0. The Balaban J connectivity index is 2.11. The van der Waals surface area contributed by atoms with Crippen LogP contribution in [0.2, 0.25) is 0 Å². The van der Waals surface area contributed by atoms with Gasteiger partial charge in [-0.05, 0) is 39.3 Å². The number of nitrogens with zero attached hydrogens (tertiary/aromatic N) is 1. The lowest BCUT2D eigenvalue weighted by Crippen LogP contribution is -2.53. The fourth-order valence-electron chi connectivity index (χ4n) is 2.68. The number of hydrogen-bond donors (Lipinski definition) is 1. The van der Waals surface area contributed by atoms with Gasteiger partial charge in [0.05, 0.1) is 5.41 Å². The summed E-state index contributed by atoms with van der Waals surface area (Å²) in [5.41, 5.74) is -0.0365. The van der Waals surface area contributed by atoms with Crippen molar-refractivity contribution in [2.75, 3.05) is 26.7 Å². The zero-order chi connectivity index (χ0) is 9.31. The molecular formula is C10H18N2O. The molecule has 2 aliphatic heterocycles. The Morgan fingerprint density at radius 3 is 2.85 bits per heavy atom. The van der Waals surface area contributed by atoms with Gasteiger partial charge < -0.3 is 10.2 Å². The van der Waals surface area contributed by atoms with Crippen molar-refractivity contribution in [3.05, 3.63) is 0 Å². The van der Waals surface area contributed by atoms with E-state index in [1.165, 1.54) is 6.42 Å². The number of amides is 1. The summed E-state index contributed by atoms with van der Waals surface area (Å²) in [4.78, 5) is 14.1. The summed E-state index contributed by atoms with van der Waals surface area (Å²) in [6.45, 7) is 2.98. The first-order valence-electron chi connectivity index (χ1n) is 5.20. The van der Waals surface area contributed by atoms with Gasteiger partial charge in [-0.1, -0.05) is 0 Å². The maximum absolute atomic E-state index is 11.8. The average Bonchev–Trinajstić information content (AvgIpc) is 2.11. The van der Waals surface area contributed by atoms with Gasteiger partial charge in [0.2, 0.25) is 5.91 Å². The van der Waals surface area contributed by atoms with Gasteiger partial charge >= 0.3 is 0 Å². The molecule has 1 spiro atoms. The van der Waals surface area contributed by atoms with E-state index in [-0.39, 0.29) is 5.41 Å². The molecule has 3 heteroatoms. The molecule has 0 aromatic rings. The second-order valence-electron chi connectivity index (χ2n) is 4.48. The van der Waals surface area contributed by atoms with Crippen LogP contribution in [-0.2, 0) is 4.79 Å². The van der Waals surface area contributed by atoms with Crippen LogP contribution in [0, 0.1) is 5.41 Å². The normalized spacial score (nSPS) is 36.2. The van der Waals surface area contributed by atoms with E-state index < -0.39 is 0 Å². The minimum absolute atomic E-state index is 0.0365. The molecule has 74 valence electrons. The first kappa shape index (κ1) is 9.00. The fourth-order valence-corrected chi connectivity index (χ4v) is 2.68. The maximum Gasteiger partial charge on any atom is 0.227 e. The van der Waals surface area contributed by atoms with E-state index in [4.69, 9.17) is 0 Å². The highest BCUT2D eigenvalue weighted by atomic mass is 16.2. The van der Waals surface area contributed by atoms with E-state index >= 15 is 0 Å². The van der Waals surface area contributed by atoms with Gasteiger partial charge in [0.1, 0.15) is 0 Å². The van der Waals surface area contributed by atoms with Crippen LogP contribution in [0.3, 0.4) is 0 Å². The summed E-state index contributed by atoms with van der Waals surface area (Å²) in [5.74, 6) is 0.297. The number of carbonyl (C=O) groups is 1. The molecule has 1 amide bonds. The molecule has 1 atom stereocenters. The predicted molar refractivity (Wildman–Crippen MR) is 51.4 cm³/mol. The fraction of sp³-hybridized carbons (Fsp3) is 0.900. The van der Waals surface area contributed by atoms with Gasteiger partial charge in [-0.25, -0.2) is 0 Å². The molecular weight excluding hydrogens is 164 g/mol. The molecule has 2 rings (SSSR count). The third-order valence-corrected chi connectivity index (χ3v) is 3.37. The van der Waals surface area contributed by atoms with Crippen LogP contribution in [0.25, 0.3) is 0 Å². The molecule has 0 aliphatic carbocycles. The van der Waals surface area contributed by atoms with Crippen molar-refractivity contribution in [1.82, 2.24) is 10.2 Å². The standard InChI is InChI=1S/C10H18N2O/c1-12-7-3-5-10(8-12)4-2-6-11-9(10)13/h2-8H2,1H3,(H,11,13). The Kier molecular flexibility index (Phi) is 2.28. The first-order valence-corrected chi connectivity index (χ1v) is 5.20. The first-order chi connectivity index (χ1) is 6.23. The van der Waals surface area contributed by atoms with Gasteiger partial charge in [0.15, 0.2) is 0 Å². The summed E-state index contributed by atoms with van der Waals surface area (Å²) in [6, 6.07) is 0. The SMILES string of the molecule is CN1CCCC2(CCCNC2=O)C1. The molecule has 2 fully saturated rings. The predicted octanol–water partition coefficient (Wildman–Crippen LogP) is 0.608. The summed E-state index contributed by atoms with van der Waals surface area (Å²) >= 11 is 0. The van der Waals surface area contributed by atoms with Crippen molar-refractivity contribution in [1.29, 1.82) is 0 Å². The summed E-state index contributed by atoms with van der Waals surface area (Å²) in [6.07, 6.45) is 4.50. The van der Waals surface area contributed by atoms with Crippen LogP contribution >= 0.6 is 0 Å². The molecule has 2 heterocycles. The summed E-state index contributed by atoms with van der Waals surface area (Å²) in [7, 11) is 2.11. The van der Waals surface area contributed by atoms with E-state index in [0.717, 1.165) is 38.9 Å². The molecule has 0 radical (unpaired) electrons. The highest BCUT2D eigenvalue weighted by Crippen LogP contribution is 2.36. The molecule has 2 saturated heterocycles. The van der Waals surface area contributed by atoms with Gasteiger partial charge in [0, 0.05) is 13.1 Å². The number of carbonyl (C=O) groups excluding carboxylic acids is 1. The second-order valence-corrected chi connectivity index (χ2v) is 4.48. The molecule has 0 saturated carbocycles.